The molecule has 1 saturated heterocycles. The number of nitrogens with one attached hydrogen (secondary N) is 1. The Bertz CT molecular complexity index is 394. The van der Waals surface area contributed by atoms with Gasteiger partial charge in [-0.15, -0.1) is 0 Å². The van der Waals surface area contributed by atoms with E-state index in [2.05, 4.69) is 21.2 Å². The molecular formula is C12H15BrFNO2. The third-order valence-corrected chi connectivity index (χ3v) is 3.29. The summed E-state index contributed by atoms with van der Waals surface area (Å²) in [5.41, 5.74) is 0.688. The second-order valence-corrected chi connectivity index (χ2v) is 5.02. The summed E-state index contributed by atoms with van der Waals surface area (Å²) in [6, 6.07) is 3.25. The van der Waals surface area contributed by atoms with Crippen molar-refractivity contribution in [3.05, 3.63) is 28.0 Å². The molecule has 0 bridgehead atoms. The van der Waals surface area contributed by atoms with E-state index in [-0.39, 0.29) is 18.3 Å². The Kier molecular flexibility index (Phi) is 4.36. The number of hydrogen-bond donors (Lipinski definition) is 2. The molecule has 17 heavy (non-hydrogen) atoms. The molecule has 0 aromatic heterocycles. The van der Waals surface area contributed by atoms with E-state index in [1.54, 1.807) is 12.1 Å². The number of benzene rings is 1. The molecule has 0 radical (unpaired) electrons. The van der Waals surface area contributed by atoms with Crippen molar-refractivity contribution in [3.63, 3.8) is 0 Å². The third-order valence-electron chi connectivity index (χ3n) is 2.83. The lowest BCUT2D eigenvalue weighted by Crippen LogP contribution is -2.19. The number of aliphatic hydroxyl groups excluding tert-OH is 1. The molecule has 0 saturated carbocycles. The molecule has 5 heteroatoms. The first-order chi connectivity index (χ1) is 8.20. The van der Waals surface area contributed by atoms with Crippen LogP contribution in [0.15, 0.2) is 16.6 Å². The van der Waals surface area contributed by atoms with Crippen LogP contribution in [0.1, 0.15) is 18.4 Å². The Hall–Kier alpha value is -0.650. The zero-order valence-corrected chi connectivity index (χ0v) is 11.0. The molecule has 1 fully saturated rings. The van der Waals surface area contributed by atoms with Gasteiger partial charge in [-0.3, -0.25) is 0 Å². The van der Waals surface area contributed by atoms with Gasteiger partial charge in [0.25, 0.3) is 0 Å². The molecule has 2 rings (SSSR count). The normalized spacial score (nSPS) is 19.6. The van der Waals surface area contributed by atoms with Crippen LogP contribution in [-0.4, -0.2) is 24.4 Å². The largest absolute Gasteiger partial charge is 0.392 e. The van der Waals surface area contributed by atoms with Crippen molar-refractivity contribution in [2.75, 3.05) is 18.5 Å². The SMILES string of the molecule is OCc1cc(Br)cc(NC[C@@H]2CCCO2)c1F. The van der Waals surface area contributed by atoms with Crippen LogP contribution < -0.4 is 5.32 Å². The Morgan fingerprint density at radius 1 is 1.53 bits per heavy atom. The highest BCUT2D eigenvalue weighted by molar-refractivity contribution is 9.10. The molecule has 3 nitrogen and oxygen atoms in total. The van der Waals surface area contributed by atoms with Crippen molar-refractivity contribution >= 4 is 21.6 Å². The topological polar surface area (TPSA) is 41.5 Å². The first-order valence-corrected chi connectivity index (χ1v) is 6.44. The standard InChI is InChI=1S/C12H15BrFNO2/c13-9-4-8(7-16)12(14)11(5-9)15-6-10-2-1-3-17-10/h4-5,10,15-16H,1-3,6-7H2/t10-/m0/s1. The summed E-state index contributed by atoms with van der Waals surface area (Å²) >= 11 is 3.29. The lowest BCUT2D eigenvalue weighted by Gasteiger charge is -2.14. The van der Waals surface area contributed by atoms with Gasteiger partial charge < -0.3 is 15.2 Å². The van der Waals surface area contributed by atoms with E-state index >= 15 is 0 Å². The van der Waals surface area contributed by atoms with Crippen molar-refractivity contribution < 1.29 is 14.2 Å². The number of ether oxygens (including phenoxy) is 1. The number of rotatable bonds is 4. The van der Waals surface area contributed by atoms with E-state index in [4.69, 9.17) is 9.84 Å². The van der Waals surface area contributed by atoms with Crippen molar-refractivity contribution in [3.8, 4) is 0 Å². The minimum absolute atomic E-state index is 0.158. The maximum absolute atomic E-state index is 13.8. The quantitative estimate of drug-likeness (QED) is 0.898. The fourth-order valence-electron chi connectivity index (χ4n) is 1.92. The fourth-order valence-corrected chi connectivity index (χ4v) is 2.42. The van der Waals surface area contributed by atoms with E-state index in [1.807, 2.05) is 0 Å². The minimum Gasteiger partial charge on any atom is -0.392 e. The zero-order chi connectivity index (χ0) is 12.3. The highest BCUT2D eigenvalue weighted by atomic mass is 79.9. The number of aliphatic hydroxyl groups is 1. The molecule has 94 valence electrons. The highest BCUT2D eigenvalue weighted by Gasteiger charge is 2.16. The first kappa shape index (κ1) is 12.8. The van der Waals surface area contributed by atoms with Gasteiger partial charge in [-0.05, 0) is 25.0 Å². The van der Waals surface area contributed by atoms with Gasteiger partial charge in [0.1, 0.15) is 0 Å². The lowest BCUT2D eigenvalue weighted by atomic mass is 10.2. The van der Waals surface area contributed by atoms with Gasteiger partial charge in [-0.2, -0.15) is 0 Å². The van der Waals surface area contributed by atoms with Gasteiger partial charge in [-0.1, -0.05) is 15.9 Å². The summed E-state index contributed by atoms with van der Waals surface area (Å²) in [5, 5.41) is 12.1. The molecule has 0 amide bonds. The Balaban J connectivity index is 2.06. The van der Waals surface area contributed by atoms with Gasteiger partial charge in [0.05, 0.1) is 18.4 Å². The molecule has 0 aliphatic carbocycles. The van der Waals surface area contributed by atoms with E-state index in [1.165, 1.54) is 0 Å². The number of anilines is 1. The molecule has 1 heterocycles. The molecule has 1 aliphatic rings. The molecule has 1 aliphatic heterocycles. The zero-order valence-electron chi connectivity index (χ0n) is 9.38. The van der Waals surface area contributed by atoms with Crippen LogP contribution in [0, 0.1) is 5.82 Å². The molecule has 2 N–H and O–H groups in total. The van der Waals surface area contributed by atoms with Crippen molar-refractivity contribution in [1.29, 1.82) is 0 Å². The summed E-state index contributed by atoms with van der Waals surface area (Å²) in [6.07, 6.45) is 2.23. The van der Waals surface area contributed by atoms with Gasteiger partial charge in [0, 0.05) is 23.2 Å². The number of halogens is 2. The van der Waals surface area contributed by atoms with Crippen molar-refractivity contribution in [2.45, 2.75) is 25.6 Å². The second kappa shape index (κ2) is 5.80. The summed E-state index contributed by atoms with van der Waals surface area (Å²) in [7, 11) is 0. The highest BCUT2D eigenvalue weighted by Crippen LogP contribution is 2.25. The van der Waals surface area contributed by atoms with Crippen LogP contribution in [0.2, 0.25) is 0 Å². The molecule has 1 aromatic carbocycles. The Labute approximate surface area is 108 Å². The van der Waals surface area contributed by atoms with Crippen molar-refractivity contribution in [1.82, 2.24) is 0 Å². The van der Waals surface area contributed by atoms with Crippen LogP contribution >= 0.6 is 15.9 Å². The van der Waals surface area contributed by atoms with Gasteiger partial charge in [-0.25, -0.2) is 4.39 Å². The number of hydrogen-bond acceptors (Lipinski definition) is 3. The van der Waals surface area contributed by atoms with E-state index in [9.17, 15) is 4.39 Å². The van der Waals surface area contributed by atoms with Crippen LogP contribution in [0.3, 0.4) is 0 Å². The average Bonchev–Trinajstić information content (AvgIpc) is 2.82. The van der Waals surface area contributed by atoms with Crippen LogP contribution in [0.5, 0.6) is 0 Å². The van der Waals surface area contributed by atoms with Gasteiger partial charge in [0.2, 0.25) is 0 Å². The molecule has 1 aromatic rings. The maximum Gasteiger partial charge on any atom is 0.151 e. The molecule has 1 atom stereocenters. The summed E-state index contributed by atoms with van der Waals surface area (Å²) in [6.45, 7) is 1.08. The summed E-state index contributed by atoms with van der Waals surface area (Å²) in [5.74, 6) is -0.395. The van der Waals surface area contributed by atoms with E-state index < -0.39 is 5.82 Å². The third kappa shape index (κ3) is 3.18. The molecular weight excluding hydrogens is 289 g/mol. The second-order valence-electron chi connectivity index (χ2n) is 4.10. The van der Waals surface area contributed by atoms with Gasteiger partial charge >= 0.3 is 0 Å². The monoisotopic (exact) mass is 303 g/mol. The van der Waals surface area contributed by atoms with Crippen molar-refractivity contribution in [2.24, 2.45) is 0 Å². The fraction of sp³-hybridized carbons (Fsp3) is 0.500. The Morgan fingerprint density at radius 3 is 3.00 bits per heavy atom. The van der Waals surface area contributed by atoms with Crippen LogP contribution in [0.4, 0.5) is 10.1 Å². The predicted molar refractivity (Wildman–Crippen MR) is 67.5 cm³/mol. The maximum atomic E-state index is 13.8. The summed E-state index contributed by atoms with van der Waals surface area (Å²) in [4.78, 5) is 0. The van der Waals surface area contributed by atoms with E-state index in [0.717, 1.165) is 23.9 Å². The Morgan fingerprint density at radius 2 is 2.35 bits per heavy atom. The van der Waals surface area contributed by atoms with Crippen LogP contribution in [-0.2, 0) is 11.3 Å². The lowest BCUT2D eigenvalue weighted by molar-refractivity contribution is 0.120. The first-order valence-electron chi connectivity index (χ1n) is 5.65. The van der Waals surface area contributed by atoms with E-state index in [0.29, 0.717) is 12.2 Å². The van der Waals surface area contributed by atoms with Gasteiger partial charge in [0.15, 0.2) is 5.82 Å². The van der Waals surface area contributed by atoms with Crippen LogP contribution in [0.25, 0.3) is 0 Å². The smallest absolute Gasteiger partial charge is 0.151 e. The predicted octanol–water partition coefficient (Wildman–Crippen LogP) is 2.67. The molecule has 0 unspecified atom stereocenters. The summed E-state index contributed by atoms with van der Waals surface area (Å²) < 4.78 is 20.0. The minimum atomic E-state index is -0.395. The molecule has 0 spiro atoms. The average molecular weight is 304 g/mol.